The summed E-state index contributed by atoms with van der Waals surface area (Å²) in [6.45, 7) is 5.96. The van der Waals surface area contributed by atoms with E-state index in [1.807, 2.05) is 13.8 Å². The molecule has 7 nitrogen and oxygen atoms in total. The number of rotatable bonds is 12. The van der Waals surface area contributed by atoms with Crippen molar-refractivity contribution < 1.29 is 34.0 Å². The van der Waals surface area contributed by atoms with Crippen LogP contribution in [-0.2, 0) is 14.3 Å². The van der Waals surface area contributed by atoms with E-state index in [0.717, 1.165) is 19.3 Å². The predicted molar refractivity (Wildman–Crippen MR) is 118 cm³/mol. The first-order valence-electron chi connectivity index (χ1n) is 9.90. The number of aliphatic carboxylic acids is 1. The van der Waals surface area contributed by atoms with Crippen molar-refractivity contribution in [2.45, 2.75) is 64.9 Å². The van der Waals surface area contributed by atoms with Crippen LogP contribution in [0.1, 0.15) is 64.9 Å². The summed E-state index contributed by atoms with van der Waals surface area (Å²) in [6, 6.07) is 2.84. The van der Waals surface area contributed by atoms with Crippen LogP contribution in [0.3, 0.4) is 0 Å². The lowest BCUT2D eigenvalue weighted by atomic mass is 9.90. The van der Waals surface area contributed by atoms with Crippen LogP contribution < -0.4 is 9.47 Å². The van der Waals surface area contributed by atoms with Crippen LogP contribution in [0.15, 0.2) is 17.7 Å². The summed E-state index contributed by atoms with van der Waals surface area (Å²) >= 11 is 0. The molecule has 0 saturated heterocycles. The number of halogens is 1. The third kappa shape index (κ3) is 7.13. The summed E-state index contributed by atoms with van der Waals surface area (Å²) in [5, 5.41) is 19.6. The zero-order valence-corrected chi connectivity index (χ0v) is 19.1. The van der Waals surface area contributed by atoms with Gasteiger partial charge >= 0.3 is 11.9 Å². The van der Waals surface area contributed by atoms with Crippen LogP contribution in [0.25, 0.3) is 6.08 Å². The number of carboxylic acids is 1. The Balaban J connectivity index is 0.00000841. The maximum absolute atomic E-state index is 12.7. The van der Waals surface area contributed by atoms with E-state index in [-0.39, 0.29) is 29.7 Å². The molecular formula is C22H33ClO7. The van der Waals surface area contributed by atoms with E-state index in [4.69, 9.17) is 14.2 Å². The van der Waals surface area contributed by atoms with Gasteiger partial charge in [-0.1, -0.05) is 33.6 Å². The van der Waals surface area contributed by atoms with Gasteiger partial charge in [0.2, 0.25) is 5.75 Å². The number of benzene rings is 1. The van der Waals surface area contributed by atoms with E-state index in [1.165, 1.54) is 32.4 Å². The number of phenolic OH excluding ortho intramolecular Hbond substituents is 1. The fourth-order valence-electron chi connectivity index (χ4n) is 3.12. The zero-order chi connectivity index (χ0) is 22.0. The number of methoxy groups -OCH3 is 2. The van der Waals surface area contributed by atoms with Gasteiger partial charge in [-0.05, 0) is 49.5 Å². The van der Waals surface area contributed by atoms with Gasteiger partial charge < -0.3 is 24.4 Å². The molecule has 0 radical (unpaired) electrons. The number of esters is 1. The van der Waals surface area contributed by atoms with Crippen molar-refractivity contribution >= 4 is 30.4 Å². The molecule has 0 bridgehead atoms. The molecule has 2 N–H and O–H groups in total. The van der Waals surface area contributed by atoms with Gasteiger partial charge in [-0.2, -0.15) is 0 Å². The summed E-state index contributed by atoms with van der Waals surface area (Å²) < 4.78 is 15.9. The Morgan fingerprint density at radius 1 is 1.03 bits per heavy atom. The summed E-state index contributed by atoms with van der Waals surface area (Å²) in [5.74, 6) is -2.28. The molecule has 1 rings (SSSR count). The summed E-state index contributed by atoms with van der Waals surface area (Å²) in [4.78, 5) is 24.5. The molecule has 0 fully saturated rings. The minimum Gasteiger partial charge on any atom is -0.502 e. The molecule has 0 unspecified atom stereocenters. The maximum atomic E-state index is 12.7. The molecule has 0 amide bonds. The zero-order valence-electron chi connectivity index (χ0n) is 18.3. The second kappa shape index (κ2) is 13.0. The molecule has 170 valence electrons. The highest BCUT2D eigenvalue weighted by atomic mass is 35.5. The van der Waals surface area contributed by atoms with Crippen molar-refractivity contribution in [1.82, 2.24) is 0 Å². The van der Waals surface area contributed by atoms with Gasteiger partial charge in [-0.15, -0.1) is 12.4 Å². The summed E-state index contributed by atoms with van der Waals surface area (Å²) in [6.07, 6.45) is 6.06. The standard InChI is InChI=1S/C22H32O7.ClH/c1-6-9-10-11-22(7-2,8-3)29-21(26)16(20(24)25)12-15-13-17(27-4)19(23)18(14-15)28-5;/h12-14,23H,6-11H2,1-5H3,(H,24,25);1H. The van der Waals surface area contributed by atoms with Crippen LogP contribution in [0, 0.1) is 0 Å². The SMILES string of the molecule is CCCCCC(CC)(CC)OC(=O)C(=Cc1cc(OC)c(O)c(OC)c1)C(=O)O.Cl. The molecule has 1 aromatic rings. The largest absolute Gasteiger partial charge is 0.502 e. The van der Waals surface area contributed by atoms with Crippen molar-refractivity contribution in [1.29, 1.82) is 0 Å². The van der Waals surface area contributed by atoms with E-state index in [2.05, 4.69) is 6.92 Å². The van der Waals surface area contributed by atoms with Crippen LogP contribution in [0.2, 0.25) is 0 Å². The Bertz CT molecular complexity index is 714. The summed E-state index contributed by atoms with van der Waals surface area (Å²) in [7, 11) is 2.73. The molecule has 0 aliphatic rings. The minimum absolute atomic E-state index is 0. The second-order valence-corrected chi connectivity index (χ2v) is 6.87. The highest BCUT2D eigenvalue weighted by molar-refractivity contribution is 6.17. The number of hydrogen-bond acceptors (Lipinski definition) is 6. The number of hydrogen-bond donors (Lipinski definition) is 2. The molecule has 0 spiro atoms. The smallest absolute Gasteiger partial charge is 0.346 e. The molecule has 0 heterocycles. The molecule has 1 aromatic carbocycles. The van der Waals surface area contributed by atoms with Gasteiger partial charge in [0.05, 0.1) is 14.2 Å². The van der Waals surface area contributed by atoms with Crippen LogP contribution in [-0.4, -0.2) is 42.0 Å². The van der Waals surface area contributed by atoms with Crippen molar-refractivity contribution in [2.24, 2.45) is 0 Å². The Morgan fingerprint density at radius 3 is 1.97 bits per heavy atom. The molecular weight excluding hydrogens is 412 g/mol. The molecule has 0 saturated carbocycles. The van der Waals surface area contributed by atoms with Crippen LogP contribution in [0.4, 0.5) is 0 Å². The molecule has 0 aliphatic heterocycles. The van der Waals surface area contributed by atoms with Gasteiger partial charge in [0.25, 0.3) is 0 Å². The first kappa shape index (κ1) is 27.6. The number of aromatic hydroxyl groups is 1. The van der Waals surface area contributed by atoms with Gasteiger partial charge in [-0.3, -0.25) is 0 Å². The number of carbonyl (C=O) groups excluding carboxylic acids is 1. The molecule has 30 heavy (non-hydrogen) atoms. The lowest BCUT2D eigenvalue weighted by molar-refractivity contribution is -0.158. The van der Waals surface area contributed by atoms with E-state index in [1.54, 1.807) is 0 Å². The van der Waals surface area contributed by atoms with Gasteiger partial charge in [-0.25, -0.2) is 9.59 Å². The van der Waals surface area contributed by atoms with Gasteiger partial charge in [0.15, 0.2) is 11.5 Å². The average molecular weight is 445 g/mol. The minimum atomic E-state index is -1.39. The second-order valence-electron chi connectivity index (χ2n) is 6.87. The van der Waals surface area contributed by atoms with Crippen LogP contribution in [0.5, 0.6) is 17.2 Å². The van der Waals surface area contributed by atoms with Crippen molar-refractivity contribution in [3.8, 4) is 17.2 Å². The normalized spacial score (nSPS) is 11.4. The fourth-order valence-corrected chi connectivity index (χ4v) is 3.12. The van der Waals surface area contributed by atoms with E-state index in [9.17, 15) is 19.8 Å². The van der Waals surface area contributed by atoms with Crippen molar-refractivity contribution in [3.05, 3.63) is 23.3 Å². The predicted octanol–water partition coefficient (Wildman–Crippen LogP) is 4.98. The number of ether oxygens (including phenoxy) is 3. The molecule has 8 heteroatoms. The lowest BCUT2D eigenvalue weighted by Gasteiger charge is -2.31. The fraction of sp³-hybridized carbons (Fsp3) is 0.545. The topological polar surface area (TPSA) is 102 Å². The van der Waals surface area contributed by atoms with E-state index in [0.29, 0.717) is 24.8 Å². The first-order chi connectivity index (χ1) is 13.8. The van der Waals surface area contributed by atoms with Gasteiger partial charge in [0, 0.05) is 0 Å². The monoisotopic (exact) mass is 444 g/mol. The van der Waals surface area contributed by atoms with E-state index < -0.39 is 23.1 Å². The lowest BCUT2D eigenvalue weighted by Crippen LogP contribution is -2.35. The maximum Gasteiger partial charge on any atom is 0.346 e. The average Bonchev–Trinajstić information content (AvgIpc) is 2.71. The first-order valence-corrected chi connectivity index (χ1v) is 9.90. The summed E-state index contributed by atoms with van der Waals surface area (Å²) in [5.41, 5.74) is -0.859. The highest BCUT2D eigenvalue weighted by Gasteiger charge is 2.33. The van der Waals surface area contributed by atoms with Crippen LogP contribution >= 0.6 is 12.4 Å². The quantitative estimate of drug-likeness (QED) is 0.154. The van der Waals surface area contributed by atoms with Gasteiger partial charge in [0.1, 0.15) is 11.2 Å². The number of unbranched alkanes of at least 4 members (excludes halogenated alkanes) is 2. The number of carboxylic acid groups (broad SMARTS) is 1. The highest BCUT2D eigenvalue weighted by Crippen LogP contribution is 2.38. The third-order valence-electron chi connectivity index (χ3n) is 5.10. The Kier molecular flexibility index (Phi) is 12.0. The number of carbonyl (C=O) groups is 2. The van der Waals surface area contributed by atoms with Crippen molar-refractivity contribution in [3.63, 3.8) is 0 Å². The van der Waals surface area contributed by atoms with Crippen molar-refractivity contribution in [2.75, 3.05) is 14.2 Å². The Labute approximate surface area is 184 Å². The Morgan fingerprint density at radius 2 is 1.57 bits per heavy atom. The molecule has 0 aliphatic carbocycles. The molecule has 0 aromatic heterocycles. The third-order valence-corrected chi connectivity index (χ3v) is 5.10. The molecule has 0 atom stereocenters. The number of phenols is 1. The van der Waals surface area contributed by atoms with E-state index >= 15 is 0 Å². The Hall–Kier alpha value is -2.41.